The van der Waals surface area contributed by atoms with E-state index in [0.717, 1.165) is 5.56 Å². The van der Waals surface area contributed by atoms with Gasteiger partial charge in [0.1, 0.15) is 0 Å². The normalized spacial score (nSPS) is 10.6. The van der Waals surface area contributed by atoms with E-state index in [4.69, 9.17) is 23.7 Å². The molecule has 1 aromatic carbocycles. The Morgan fingerprint density at radius 3 is 1.63 bits per heavy atom. The Bertz CT molecular complexity index is 360. The maximum atomic E-state index is 5.57. The smallest absolute Gasteiger partial charge is 0.203 e. The van der Waals surface area contributed by atoms with Crippen LogP contribution in [0, 0.1) is 0 Å². The molecule has 1 aromatic rings. The number of hydrogen-bond acceptors (Lipinski definition) is 5. The van der Waals surface area contributed by atoms with Gasteiger partial charge in [0.15, 0.2) is 17.8 Å². The molecule has 0 aliphatic heterocycles. The van der Waals surface area contributed by atoms with Crippen LogP contribution in [0.5, 0.6) is 17.2 Å². The van der Waals surface area contributed by atoms with Gasteiger partial charge in [-0.15, -0.1) is 0 Å². The summed E-state index contributed by atoms with van der Waals surface area (Å²) in [5, 5.41) is 0. The van der Waals surface area contributed by atoms with Crippen molar-refractivity contribution < 1.29 is 23.7 Å². The quantitative estimate of drug-likeness (QED) is 0.680. The lowest BCUT2D eigenvalue weighted by atomic mass is 10.1. The molecule has 0 atom stereocenters. The molecule has 0 saturated carbocycles. The first-order valence-corrected chi connectivity index (χ1v) is 6.24. The molecule has 5 nitrogen and oxygen atoms in total. The van der Waals surface area contributed by atoms with Gasteiger partial charge in [0.25, 0.3) is 0 Å². The van der Waals surface area contributed by atoms with Crippen LogP contribution in [0.2, 0.25) is 0 Å². The van der Waals surface area contributed by atoms with E-state index in [1.165, 1.54) is 0 Å². The molecule has 1 rings (SSSR count). The van der Waals surface area contributed by atoms with Crippen LogP contribution in [0.4, 0.5) is 0 Å². The Labute approximate surface area is 114 Å². The Balaban J connectivity index is 3.19. The minimum Gasteiger partial charge on any atom is -0.493 e. The van der Waals surface area contributed by atoms with Gasteiger partial charge in [0.05, 0.1) is 21.3 Å². The van der Waals surface area contributed by atoms with E-state index < -0.39 is 6.29 Å². The van der Waals surface area contributed by atoms with Gasteiger partial charge in [0.2, 0.25) is 5.75 Å². The van der Waals surface area contributed by atoms with E-state index in [-0.39, 0.29) is 0 Å². The van der Waals surface area contributed by atoms with Gasteiger partial charge in [-0.2, -0.15) is 0 Å². The van der Waals surface area contributed by atoms with E-state index in [0.29, 0.717) is 30.5 Å². The molecule has 0 aliphatic carbocycles. The van der Waals surface area contributed by atoms with Crippen molar-refractivity contribution in [2.45, 2.75) is 20.1 Å². The van der Waals surface area contributed by atoms with Crippen LogP contribution in [-0.2, 0) is 9.47 Å². The molecule has 0 heterocycles. The molecule has 0 aromatic heterocycles. The lowest BCUT2D eigenvalue weighted by molar-refractivity contribution is -0.140. The van der Waals surface area contributed by atoms with Crippen LogP contribution in [0.15, 0.2) is 12.1 Å². The van der Waals surface area contributed by atoms with E-state index in [1.807, 2.05) is 26.0 Å². The number of rotatable bonds is 8. The summed E-state index contributed by atoms with van der Waals surface area (Å²) in [5.74, 6) is 1.73. The summed E-state index contributed by atoms with van der Waals surface area (Å²) in [6.07, 6.45) is -0.441. The summed E-state index contributed by atoms with van der Waals surface area (Å²) >= 11 is 0. The van der Waals surface area contributed by atoms with E-state index in [1.54, 1.807) is 21.3 Å². The monoisotopic (exact) mass is 270 g/mol. The Morgan fingerprint density at radius 2 is 1.32 bits per heavy atom. The molecule has 0 amide bonds. The summed E-state index contributed by atoms with van der Waals surface area (Å²) in [4.78, 5) is 0. The van der Waals surface area contributed by atoms with E-state index in [9.17, 15) is 0 Å². The number of benzene rings is 1. The van der Waals surface area contributed by atoms with Crippen LogP contribution in [0.25, 0.3) is 0 Å². The maximum absolute atomic E-state index is 5.57. The molecule has 0 saturated heterocycles. The summed E-state index contributed by atoms with van der Waals surface area (Å²) in [5.41, 5.74) is 0.832. The van der Waals surface area contributed by atoms with E-state index >= 15 is 0 Å². The molecule has 0 unspecified atom stereocenters. The third kappa shape index (κ3) is 3.75. The molecule has 0 bridgehead atoms. The number of ether oxygens (including phenoxy) is 5. The zero-order valence-electron chi connectivity index (χ0n) is 12.2. The first-order valence-electron chi connectivity index (χ1n) is 6.24. The Morgan fingerprint density at radius 1 is 0.842 bits per heavy atom. The second-order valence-electron chi connectivity index (χ2n) is 3.70. The van der Waals surface area contributed by atoms with Gasteiger partial charge >= 0.3 is 0 Å². The first kappa shape index (κ1) is 15.6. The lowest BCUT2D eigenvalue weighted by Crippen LogP contribution is -2.09. The SMILES string of the molecule is CCOC(OCC)c1cc(OC)c(OC)c(OC)c1. The van der Waals surface area contributed by atoms with Crippen molar-refractivity contribution in [3.8, 4) is 17.2 Å². The fourth-order valence-electron chi connectivity index (χ4n) is 1.78. The van der Waals surface area contributed by atoms with E-state index in [2.05, 4.69) is 0 Å². The zero-order chi connectivity index (χ0) is 14.3. The summed E-state index contributed by atoms with van der Waals surface area (Å²) in [6.45, 7) is 4.96. The summed E-state index contributed by atoms with van der Waals surface area (Å²) in [7, 11) is 4.73. The van der Waals surface area contributed by atoms with Crippen LogP contribution in [-0.4, -0.2) is 34.5 Å². The molecule has 0 spiro atoms. The highest BCUT2D eigenvalue weighted by atomic mass is 16.7. The van der Waals surface area contributed by atoms with Gasteiger partial charge in [-0.1, -0.05) is 0 Å². The van der Waals surface area contributed by atoms with Gasteiger partial charge < -0.3 is 23.7 Å². The molecule has 0 fully saturated rings. The van der Waals surface area contributed by atoms with Gasteiger partial charge in [0, 0.05) is 18.8 Å². The minimum absolute atomic E-state index is 0.441. The van der Waals surface area contributed by atoms with Crippen molar-refractivity contribution in [2.75, 3.05) is 34.5 Å². The van der Waals surface area contributed by atoms with Gasteiger partial charge in [-0.25, -0.2) is 0 Å². The Hall–Kier alpha value is -1.46. The second-order valence-corrected chi connectivity index (χ2v) is 3.70. The number of hydrogen-bond donors (Lipinski definition) is 0. The number of methoxy groups -OCH3 is 3. The third-order valence-corrected chi connectivity index (χ3v) is 2.60. The molecule has 0 radical (unpaired) electrons. The Kier molecular flexibility index (Phi) is 6.45. The molecule has 5 heteroatoms. The average Bonchev–Trinajstić information content (AvgIpc) is 2.45. The van der Waals surface area contributed by atoms with Crippen molar-refractivity contribution in [3.05, 3.63) is 17.7 Å². The highest BCUT2D eigenvalue weighted by Gasteiger charge is 2.19. The second kappa shape index (κ2) is 7.86. The molecular formula is C14H22O5. The van der Waals surface area contributed by atoms with Crippen molar-refractivity contribution in [3.63, 3.8) is 0 Å². The van der Waals surface area contributed by atoms with Crippen LogP contribution < -0.4 is 14.2 Å². The van der Waals surface area contributed by atoms with Crippen molar-refractivity contribution >= 4 is 0 Å². The molecule has 19 heavy (non-hydrogen) atoms. The lowest BCUT2D eigenvalue weighted by Gasteiger charge is -2.20. The molecule has 0 N–H and O–H groups in total. The summed E-state index contributed by atoms with van der Waals surface area (Å²) in [6, 6.07) is 3.66. The maximum Gasteiger partial charge on any atom is 0.203 e. The predicted molar refractivity (Wildman–Crippen MR) is 72.1 cm³/mol. The minimum atomic E-state index is -0.441. The predicted octanol–water partition coefficient (Wildman–Crippen LogP) is 2.78. The van der Waals surface area contributed by atoms with Crippen molar-refractivity contribution in [1.82, 2.24) is 0 Å². The van der Waals surface area contributed by atoms with Crippen molar-refractivity contribution in [2.24, 2.45) is 0 Å². The first-order chi connectivity index (χ1) is 9.21. The summed E-state index contributed by atoms with van der Waals surface area (Å²) < 4.78 is 27.0. The fraction of sp³-hybridized carbons (Fsp3) is 0.571. The standard InChI is InChI=1S/C14H22O5/c1-6-18-14(19-7-2)10-8-11(15-3)13(17-5)12(9-10)16-4/h8-9,14H,6-7H2,1-5H3. The zero-order valence-corrected chi connectivity index (χ0v) is 12.2. The highest BCUT2D eigenvalue weighted by Crippen LogP contribution is 2.40. The highest BCUT2D eigenvalue weighted by molar-refractivity contribution is 5.54. The largest absolute Gasteiger partial charge is 0.493 e. The topological polar surface area (TPSA) is 46.2 Å². The fourth-order valence-corrected chi connectivity index (χ4v) is 1.78. The van der Waals surface area contributed by atoms with Crippen LogP contribution >= 0.6 is 0 Å². The molecule has 0 aliphatic rings. The average molecular weight is 270 g/mol. The molecule has 108 valence electrons. The van der Waals surface area contributed by atoms with Crippen LogP contribution in [0.1, 0.15) is 25.7 Å². The van der Waals surface area contributed by atoms with Gasteiger partial charge in [-0.3, -0.25) is 0 Å². The van der Waals surface area contributed by atoms with Crippen molar-refractivity contribution in [1.29, 1.82) is 0 Å². The van der Waals surface area contributed by atoms with Crippen LogP contribution in [0.3, 0.4) is 0 Å². The molecular weight excluding hydrogens is 248 g/mol. The third-order valence-electron chi connectivity index (χ3n) is 2.60. The van der Waals surface area contributed by atoms with Gasteiger partial charge in [-0.05, 0) is 26.0 Å².